The number of rotatable bonds is 3. The zero-order valence-corrected chi connectivity index (χ0v) is 16.2. The van der Waals surface area contributed by atoms with Crippen LogP contribution >= 0.6 is 0 Å². The van der Waals surface area contributed by atoms with Gasteiger partial charge in [-0.15, -0.1) is 0 Å². The maximum atomic E-state index is 13.1. The third kappa shape index (κ3) is 2.82. The average Bonchev–Trinajstić information content (AvgIpc) is 3.18. The first-order chi connectivity index (χ1) is 13.6. The van der Waals surface area contributed by atoms with Crippen molar-refractivity contribution in [2.45, 2.75) is 17.9 Å². The molecule has 4 heterocycles. The number of aryl methyl sites for hydroxylation is 1. The smallest absolute Gasteiger partial charge is 0.250 e. The van der Waals surface area contributed by atoms with E-state index in [0.29, 0.717) is 45.2 Å². The Morgan fingerprint density at radius 3 is 2.64 bits per heavy atom. The van der Waals surface area contributed by atoms with Crippen molar-refractivity contribution in [2.75, 3.05) is 37.7 Å². The lowest BCUT2D eigenvalue weighted by molar-refractivity contribution is 0.223. The van der Waals surface area contributed by atoms with E-state index in [4.69, 9.17) is 4.74 Å². The number of aromatic nitrogens is 3. The molecule has 2 aromatic heterocycles. The Morgan fingerprint density at radius 1 is 0.964 bits per heavy atom. The van der Waals surface area contributed by atoms with Crippen molar-refractivity contribution in [2.24, 2.45) is 0 Å². The molecule has 9 heteroatoms. The molecule has 0 atom stereocenters. The minimum absolute atomic E-state index is 0.174. The largest absolute Gasteiger partial charge is 0.477 e. The van der Waals surface area contributed by atoms with Gasteiger partial charge in [0.25, 0.3) is 0 Å². The number of hydrogen-bond donors (Lipinski definition) is 0. The summed E-state index contributed by atoms with van der Waals surface area (Å²) in [7, 11) is -3.63. The van der Waals surface area contributed by atoms with Crippen LogP contribution in [-0.2, 0) is 16.6 Å². The quantitative estimate of drug-likeness (QED) is 0.667. The molecular weight excluding hydrogens is 378 g/mol. The fourth-order valence-corrected chi connectivity index (χ4v) is 5.37. The predicted octanol–water partition coefficient (Wildman–Crippen LogP) is 1.72. The Labute approximate surface area is 163 Å². The standard InChI is InChI=1S/C19H21N5O3S/c25-28(26,18-14-21-24-6-3-11-27-19(18)24)23-9-7-22(8-10-23)17-13-20-12-15-4-1-2-5-16(15)17/h1-2,4-5,12-14H,3,6-11H2. The number of fused-ring (bicyclic) bond motifs is 2. The average molecular weight is 399 g/mol. The topological polar surface area (TPSA) is 80.6 Å². The summed E-state index contributed by atoms with van der Waals surface area (Å²) in [5, 5.41) is 6.40. The summed E-state index contributed by atoms with van der Waals surface area (Å²) in [6.45, 7) is 3.26. The van der Waals surface area contributed by atoms with Crippen LogP contribution in [0.1, 0.15) is 6.42 Å². The Balaban J connectivity index is 1.38. The molecule has 2 aliphatic rings. The van der Waals surface area contributed by atoms with Crippen LogP contribution in [0, 0.1) is 0 Å². The van der Waals surface area contributed by atoms with E-state index in [2.05, 4.69) is 21.0 Å². The van der Waals surface area contributed by atoms with E-state index in [1.54, 1.807) is 4.68 Å². The molecule has 0 unspecified atom stereocenters. The third-order valence-corrected chi connectivity index (χ3v) is 7.24. The van der Waals surface area contributed by atoms with Gasteiger partial charge < -0.3 is 9.64 Å². The number of ether oxygens (including phenoxy) is 1. The van der Waals surface area contributed by atoms with Gasteiger partial charge in [-0.3, -0.25) is 4.98 Å². The van der Waals surface area contributed by atoms with Crippen molar-refractivity contribution in [1.82, 2.24) is 19.1 Å². The van der Waals surface area contributed by atoms with Gasteiger partial charge in [0.2, 0.25) is 15.9 Å². The number of sulfonamides is 1. The first-order valence-corrected chi connectivity index (χ1v) is 10.8. The molecule has 0 spiro atoms. The van der Waals surface area contributed by atoms with Gasteiger partial charge in [0, 0.05) is 56.1 Å². The van der Waals surface area contributed by atoms with Gasteiger partial charge in [0.15, 0.2) is 4.90 Å². The first kappa shape index (κ1) is 17.4. The highest BCUT2D eigenvalue weighted by Gasteiger charge is 2.34. The maximum absolute atomic E-state index is 13.1. The molecule has 8 nitrogen and oxygen atoms in total. The molecule has 5 rings (SSSR count). The molecule has 3 aromatic rings. The summed E-state index contributed by atoms with van der Waals surface area (Å²) in [5.41, 5.74) is 1.04. The zero-order chi connectivity index (χ0) is 19.1. The predicted molar refractivity (Wildman–Crippen MR) is 105 cm³/mol. The van der Waals surface area contributed by atoms with Crippen molar-refractivity contribution >= 4 is 26.5 Å². The minimum atomic E-state index is -3.63. The van der Waals surface area contributed by atoms with Gasteiger partial charge in [-0.2, -0.15) is 9.40 Å². The third-order valence-electron chi connectivity index (χ3n) is 5.36. The minimum Gasteiger partial charge on any atom is -0.477 e. The van der Waals surface area contributed by atoms with E-state index in [1.165, 1.54) is 10.5 Å². The maximum Gasteiger partial charge on any atom is 0.250 e. The molecule has 1 aromatic carbocycles. The van der Waals surface area contributed by atoms with Crippen LogP contribution in [-0.4, -0.2) is 60.3 Å². The Hall–Kier alpha value is -2.65. The number of benzene rings is 1. The second-order valence-corrected chi connectivity index (χ2v) is 8.92. The van der Waals surface area contributed by atoms with E-state index in [1.807, 2.05) is 30.6 Å². The SMILES string of the molecule is O=S(=O)(c1cnn2c1OCCC2)N1CCN(c2cncc3ccccc23)CC1. The lowest BCUT2D eigenvalue weighted by Gasteiger charge is -2.35. The van der Waals surface area contributed by atoms with Crippen molar-refractivity contribution in [3.05, 3.63) is 42.9 Å². The molecule has 0 aliphatic carbocycles. The second-order valence-electron chi connectivity index (χ2n) is 7.01. The van der Waals surface area contributed by atoms with Gasteiger partial charge in [0.1, 0.15) is 0 Å². The van der Waals surface area contributed by atoms with Gasteiger partial charge >= 0.3 is 0 Å². The fourth-order valence-electron chi connectivity index (χ4n) is 3.88. The van der Waals surface area contributed by atoms with Crippen LogP contribution < -0.4 is 9.64 Å². The highest BCUT2D eigenvalue weighted by molar-refractivity contribution is 7.89. The first-order valence-electron chi connectivity index (χ1n) is 9.41. The summed E-state index contributed by atoms with van der Waals surface area (Å²) < 4.78 is 35.0. The monoisotopic (exact) mass is 399 g/mol. The van der Waals surface area contributed by atoms with Crippen LogP contribution in [0.3, 0.4) is 0 Å². The van der Waals surface area contributed by atoms with Crippen LogP contribution in [0.5, 0.6) is 5.88 Å². The Kier molecular flexibility index (Phi) is 4.21. The fraction of sp³-hybridized carbons (Fsp3) is 0.368. The zero-order valence-electron chi connectivity index (χ0n) is 15.4. The highest BCUT2D eigenvalue weighted by Crippen LogP contribution is 2.31. The number of anilines is 1. The summed E-state index contributed by atoms with van der Waals surface area (Å²) in [4.78, 5) is 6.72. The Morgan fingerprint density at radius 2 is 1.79 bits per heavy atom. The lowest BCUT2D eigenvalue weighted by atomic mass is 10.1. The van der Waals surface area contributed by atoms with Gasteiger partial charge in [-0.25, -0.2) is 13.1 Å². The molecule has 1 saturated heterocycles. The molecule has 0 radical (unpaired) electrons. The van der Waals surface area contributed by atoms with Gasteiger partial charge in [-0.1, -0.05) is 24.3 Å². The summed E-state index contributed by atoms with van der Waals surface area (Å²) in [5.74, 6) is 0.368. The van der Waals surface area contributed by atoms with Crippen LogP contribution in [0.4, 0.5) is 5.69 Å². The molecule has 28 heavy (non-hydrogen) atoms. The summed E-state index contributed by atoms with van der Waals surface area (Å²) in [6.07, 6.45) is 5.96. The van der Waals surface area contributed by atoms with Crippen molar-refractivity contribution in [3.8, 4) is 5.88 Å². The number of piperazine rings is 1. The molecule has 0 N–H and O–H groups in total. The van der Waals surface area contributed by atoms with E-state index in [0.717, 1.165) is 22.9 Å². The summed E-state index contributed by atoms with van der Waals surface area (Å²) in [6, 6.07) is 8.12. The van der Waals surface area contributed by atoms with Crippen LogP contribution in [0.2, 0.25) is 0 Å². The lowest BCUT2D eigenvalue weighted by Crippen LogP contribution is -2.48. The van der Waals surface area contributed by atoms with Gasteiger partial charge in [-0.05, 0) is 0 Å². The van der Waals surface area contributed by atoms with Crippen molar-refractivity contribution in [3.63, 3.8) is 0 Å². The van der Waals surface area contributed by atoms with Gasteiger partial charge in [0.05, 0.1) is 24.7 Å². The number of pyridine rings is 1. The molecule has 0 amide bonds. The summed E-state index contributed by atoms with van der Waals surface area (Å²) >= 11 is 0. The van der Waals surface area contributed by atoms with Crippen LogP contribution in [0.15, 0.2) is 47.8 Å². The molecule has 2 aliphatic heterocycles. The Bertz CT molecular complexity index is 1110. The highest BCUT2D eigenvalue weighted by atomic mass is 32.2. The molecule has 0 saturated carbocycles. The van der Waals surface area contributed by atoms with E-state index in [-0.39, 0.29) is 4.90 Å². The molecule has 1 fully saturated rings. The van der Waals surface area contributed by atoms with E-state index >= 15 is 0 Å². The van der Waals surface area contributed by atoms with E-state index in [9.17, 15) is 8.42 Å². The van der Waals surface area contributed by atoms with Crippen LogP contribution in [0.25, 0.3) is 10.8 Å². The molecule has 146 valence electrons. The number of nitrogens with zero attached hydrogens (tertiary/aromatic N) is 5. The van der Waals surface area contributed by atoms with E-state index < -0.39 is 10.0 Å². The molecule has 0 bridgehead atoms. The normalized spacial score (nSPS) is 18.1. The second kappa shape index (κ2) is 6.75. The molecular formula is C19H21N5O3S. The van der Waals surface area contributed by atoms with Crippen molar-refractivity contribution in [1.29, 1.82) is 0 Å². The number of hydrogen-bond acceptors (Lipinski definition) is 6. The van der Waals surface area contributed by atoms with Crippen molar-refractivity contribution < 1.29 is 13.2 Å².